The Morgan fingerprint density at radius 3 is 2.68 bits per heavy atom. The van der Waals surface area contributed by atoms with Gasteiger partial charge < -0.3 is 0 Å². The molecular formula is C14H28N4O. The molecule has 0 aromatic heterocycles. The van der Waals surface area contributed by atoms with E-state index in [0.717, 1.165) is 13.1 Å². The second-order valence-corrected chi connectivity index (χ2v) is 6.39. The Kier molecular flexibility index (Phi) is 4.81. The van der Waals surface area contributed by atoms with Crippen LogP contribution < -0.4 is 11.3 Å². The quantitative estimate of drug-likeness (QED) is 0.446. The summed E-state index contributed by atoms with van der Waals surface area (Å²) in [5.74, 6) is 5.59. The van der Waals surface area contributed by atoms with Gasteiger partial charge in [-0.25, -0.2) is 5.84 Å². The number of piperidine rings is 1. The fraction of sp³-hybridized carbons (Fsp3) is 0.929. The smallest absolute Gasteiger partial charge is 0.251 e. The van der Waals surface area contributed by atoms with Crippen molar-refractivity contribution < 1.29 is 4.79 Å². The van der Waals surface area contributed by atoms with Crippen molar-refractivity contribution in [3.05, 3.63) is 0 Å². The fourth-order valence-corrected chi connectivity index (χ4v) is 3.68. The predicted molar refractivity (Wildman–Crippen MR) is 76.3 cm³/mol. The average molecular weight is 268 g/mol. The maximum absolute atomic E-state index is 12.1. The number of fused-ring (bicyclic) bond motifs is 1. The van der Waals surface area contributed by atoms with Gasteiger partial charge in [-0.3, -0.25) is 20.0 Å². The number of nitrogens with zero attached hydrogens (tertiary/aromatic N) is 2. The summed E-state index contributed by atoms with van der Waals surface area (Å²) in [5.41, 5.74) is 2.34. The first-order valence-electron chi connectivity index (χ1n) is 7.54. The summed E-state index contributed by atoms with van der Waals surface area (Å²) in [6, 6.07) is 0.930. The molecular weight excluding hydrogens is 240 g/mol. The molecule has 3 atom stereocenters. The molecule has 2 rings (SSSR count). The van der Waals surface area contributed by atoms with Gasteiger partial charge in [0.2, 0.25) is 0 Å². The van der Waals surface area contributed by atoms with Crippen LogP contribution in [0, 0.1) is 5.92 Å². The number of rotatable bonds is 3. The topological polar surface area (TPSA) is 61.6 Å². The van der Waals surface area contributed by atoms with Crippen LogP contribution in [-0.4, -0.2) is 53.5 Å². The van der Waals surface area contributed by atoms with E-state index >= 15 is 0 Å². The number of hydrogen-bond donors (Lipinski definition) is 2. The van der Waals surface area contributed by atoms with Crippen molar-refractivity contribution in [1.82, 2.24) is 15.2 Å². The molecule has 0 aliphatic carbocycles. The second-order valence-electron chi connectivity index (χ2n) is 6.39. The summed E-state index contributed by atoms with van der Waals surface area (Å²) in [6.45, 7) is 9.71. The third-order valence-corrected chi connectivity index (χ3v) is 4.64. The third kappa shape index (κ3) is 3.09. The van der Waals surface area contributed by atoms with Crippen molar-refractivity contribution in [3.8, 4) is 0 Å². The molecule has 5 nitrogen and oxygen atoms in total. The fourth-order valence-electron chi connectivity index (χ4n) is 3.68. The normalized spacial score (nSPS) is 31.0. The van der Waals surface area contributed by atoms with Crippen molar-refractivity contribution in [1.29, 1.82) is 0 Å². The van der Waals surface area contributed by atoms with E-state index in [1.807, 2.05) is 0 Å². The summed E-state index contributed by atoms with van der Waals surface area (Å²) in [6.07, 6.45) is 3.90. The van der Waals surface area contributed by atoms with E-state index < -0.39 is 0 Å². The lowest BCUT2D eigenvalue weighted by atomic mass is 9.92. The van der Waals surface area contributed by atoms with Gasteiger partial charge >= 0.3 is 0 Å². The van der Waals surface area contributed by atoms with Crippen molar-refractivity contribution in [3.63, 3.8) is 0 Å². The zero-order valence-electron chi connectivity index (χ0n) is 12.4. The molecule has 0 saturated carbocycles. The molecule has 0 aromatic carbocycles. The third-order valence-electron chi connectivity index (χ3n) is 4.64. The molecule has 0 spiro atoms. The summed E-state index contributed by atoms with van der Waals surface area (Å²) >= 11 is 0. The van der Waals surface area contributed by atoms with Gasteiger partial charge in [0.05, 0.1) is 6.04 Å². The monoisotopic (exact) mass is 268 g/mol. The summed E-state index contributed by atoms with van der Waals surface area (Å²) in [7, 11) is 0. The maximum Gasteiger partial charge on any atom is 0.251 e. The Morgan fingerprint density at radius 1 is 1.32 bits per heavy atom. The van der Waals surface area contributed by atoms with Gasteiger partial charge in [-0.15, -0.1) is 0 Å². The number of hydrogen-bond acceptors (Lipinski definition) is 4. The van der Waals surface area contributed by atoms with E-state index in [2.05, 4.69) is 36.0 Å². The van der Waals surface area contributed by atoms with Crippen molar-refractivity contribution >= 4 is 5.91 Å². The molecule has 2 aliphatic heterocycles. The van der Waals surface area contributed by atoms with Crippen LogP contribution in [0.4, 0.5) is 0 Å². The first-order chi connectivity index (χ1) is 9.04. The molecule has 0 radical (unpaired) electrons. The van der Waals surface area contributed by atoms with Gasteiger partial charge in [-0.1, -0.05) is 20.3 Å². The lowest BCUT2D eigenvalue weighted by Gasteiger charge is -2.50. The Balaban J connectivity index is 2.11. The highest BCUT2D eigenvalue weighted by molar-refractivity contribution is 5.81. The zero-order valence-corrected chi connectivity index (χ0v) is 12.4. The van der Waals surface area contributed by atoms with Gasteiger partial charge in [0.15, 0.2) is 0 Å². The first-order valence-corrected chi connectivity index (χ1v) is 7.54. The minimum atomic E-state index is -0.107. The molecule has 0 aromatic rings. The molecule has 1 amide bonds. The Labute approximate surface area is 116 Å². The SMILES string of the molecule is CC(C)C(C(=O)NN)N1CC2CCCCN2CC1C. The molecule has 2 saturated heterocycles. The summed E-state index contributed by atoms with van der Waals surface area (Å²) < 4.78 is 0. The highest BCUT2D eigenvalue weighted by atomic mass is 16.2. The number of nitrogens with two attached hydrogens (primary N) is 1. The predicted octanol–water partition coefficient (Wildman–Crippen LogP) is 0.560. The summed E-state index contributed by atoms with van der Waals surface area (Å²) in [4.78, 5) is 17.0. The van der Waals surface area contributed by atoms with E-state index in [-0.39, 0.29) is 17.9 Å². The van der Waals surface area contributed by atoms with Crippen molar-refractivity contribution in [2.24, 2.45) is 11.8 Å². The number of hydrazine groups is 1. The zero-order chi connectivity index (χ0) is 14.0. The number of nitrogens with one attached hydrogen (secondary N) is 1. The molecule has 0 bridgehead atoms. The number of carbonyl (C=O) groups excluding carboxylic acids is 1. The molecule has 2 aliphatic rings. The molecule has 5 heteroatoms. The molecule has 3 unspecified atom stereocenters. The van der Waals surface area contributed by atoms with Crippen LogP contribution in [0.15, 0.2) is 0 Å². The highest BCUT2D eigenvalue weighted by Crippen LogP contribution is 2.27. The second kappa shape index (κ2) is 6.20. The van der Waals surface area contributed by atoms with Crippen LogP contribution in [0.2, 0.25) is 0 Å². The lowest BCUT2D eigenvalue weighted by molar-refractivity contribution is -0.132. The van der Waals surface area contributed by atoms with Crippen LogP contribution in [-0.2, 0) is 4.79 Å². The molecule has 110 valence electrons. The van der Waals surface area contributed by atoms with Crippen LogP contribution >= 0.6 is 0 Å². The Morgan fingerprint density at radius 2 is 2.05 bits per heavy atom. The van der Waals surface area contributed by atoms with Crippen molar-refractivity contribution in [2.75, 3.05) is 19.6 Å². The van der Waals surface area contributed by atoms with Gasteiger partial charge in [0.1, 0.15) is 0 Å². The van der Waals surface area contributed by atoms with Crippen LogP contribution in [0.25, 0.3) is 0 Å². The standard InChI is InChI=1S/C14H28N4O/c1-10(2)13(14(19)16-15)18-9-12-6-4-5-7-17(12)8-11(18)3/h10-13H,4-9,15H2,1-3H3,(H,16,19). The van der Waals surface area contributed by atoms with E-state index in [4.69, 9.17) is 5.84 Å². The average Bonchev–Trinajstić information content (AvgIpc) is 2.39. The molecule has 2 heterocycles. The van der Waals surface area contributed by atoms with Crippen LogP contribution in [0.1, 0.15) is 40.0 Å². The number of carbonyl (C=O) groups is 1. The summed E-state index contributed by atoms with van der Waals surface area (Å²) in [5, 5.41) is 0. The molecule has 2 fully saturated rings. The van der Waals surface area contributed by atoms with Gasteiger partial charge in [0, 0.05) is 25.2 Å². The highest BCUT2D eigenvalue weighted by Gasteiger charge is 2.39. The lowest BCUT2D eigenvalue weighted by Crippen LogP contribution is -2.64. The minimum Gasteiger partial charge on any atom is -0.298 e. The Bertz CT molecular complexity index is 321. The molecule has 19 heavy (non-hydrogen) atoms. The van der Waals surface area contributed by atoms with Crippen LogP contribution in [0.3, 0.4) is 0 Å². The van der Waals surface area contributed by atoms with E-state index in [1.54, 1.807) is 0 Å². The van der Waals surface area contributed by atoms with E-state index in [1.165, 1.54) is 25.8 Å². The van der Waals surface area contributed by atoms with Gasteiger partial charge in [-0.2, -0.15) is 0 Å². The largest absolute Gasteiger partial charge is 0.298 e. The van der Waals surface area contributed by atoms with Crippen molar-refractivity contribution in [2.45, 2.75) is 58.2 Å². The molecule has 3 N–H and O–H groups in total. The van der Waals surface area contributed by atoms with Gasteiger partial charge in [0.25, 0.3) is 5.91 Å². The van der Waals surface area contributed by atoms with Crippen LogP contribution in [0.5, 0.6) is 0 Å². The number of amides is 1. The van der Waals surface area contributed by atoms with E-state index in [9.17, 15) is 4.79 Å². The minimum absolute atomic E-state index is 0.0499. The maximum atomic E-state index is 12.1. The number of piperazine rings is 1. The first kappa shape index (κ1) is 14.8. The van der Waals surface area contributed by atoms with E-state index in [0.29, 0.717) is 12.1 Å². The van der Waals surface area contributed by atoms with Gasteiger partial charge in [-0.05, 0) is 32.2 Å². The Hall–Kier alpha value is -0.650.